The van der Waals surface area contributed by atoms with Crippen molar-refractivity contribution >= 4 is 46.4 Å². The van der Waals surface area contributed by atoms with Gasteiger partial charge in [-0.25, -0.2) is 9.97 Å². The summed E-state index contributed by atoms with van der Waals surface area (Å²) in [5, 5.41) is 0. The summed E-state index contributed by atoms with van der Waals surface area (Å²) in [5.74, 6) is 0. The quantitative estimate of drug-likeness (QED) is 0.289. The van der Waals surface area contributed by atoms with Gasteiger partial charge in [0, 0.05) is 11.0 Å². The molecule has 0 saturated heterocycles. The van der Waals surface area contributed by atoms with Crippen LogP contribution in [0.15, 0.2) is 97.1 Å². The summed E-state index contributed by atoms with van der Waals surface area (Å²) >= 11 is 0. The Balaban J connectivity index is 1.60. The molecular formula is C28H22N4. The lowest BCUT2D eigenvalue weighted by molar-refractivity contribution is 1.32. The van der Waals surface area contributed by atoms with E-state index in [0.717, 1.165) is 44.8 Å². The molecule has 0 radical (unpaired) electrons. The molecule has 2 N–H and O–H groups in total. The van der Waals surface area contributed by atoms with Gasteiger partial charge in [-0.2, -0.15) is 0 Å². The topological polar surface area (TPSA) is 57.4 Å². The molecule has 0 fully saturated rings. The molecule has 0 spiro atoms. The fourth-order valence-corrected chi connectivity index (χ4v) is 3.44. The molecule has 32 heavy (non-hydrogen) atoms. The van der Waals surface area contributed by atoms with Crippen LogP contribution < -0.4 is 0 Å². The van der Waals surface area contributed by atoms with Gasteiger partial charge in [0.1, 0.15) is 0 Å². The number of nitrogens with one attached hydrogen (secondary N) is 2. The van der Waals surface area contributed by atoms with Crippen molar-refractivity contribution in [1.82, 2.24) is 19.9 Å². The first-order chi connectivity index (χ1) is 15.8. The van der Waals surface area contributed by atoms with Gasteiger partial charge in [-0.05, 0) is 72.8 Å². The highest BCUT2D eigenvalue weighted by Gasteiger charge is 2.01. The summed E-state index contributed by atoms with van der Waals surface area (Å²) in [4.78, 5) is 16.2. The number of H-pyrrole nitrogens is 2. The lowest BCUT2D eigenvalue weighted by atomic mass is 10.3. The van der Waals surface area contributed by atoms with Crippen LogP contribution in [0.4, 0.5) is 0 Å². The first-order valence-electron chi connectivity index (χ1n) is 10.5. The molecule has 0 aromatic carbocycles. The van der Waals surface area contributed by atoms with E-state index in [0.29, 0.717) is 0 Å². The monoisotopic (exact) mass is 414 g/mol. The number of aromatic amines is 2. The van der Waals surface area contributed by atoms with Crippen LogP contribution in [0.5, 0.6) is 0 Å². The first-order valence-corrected chi connectivity index (χ1v) is 10.5. The van der Waals surface area contributed by atoms with Crippen LogP contribution in [-0.2, 0) is 0 Å². The third-order valence-corrected chi connectivity index (χ3v) is 5.04. The molecule has 0 amide bonds. The van der Waals surface area contributed by atoms with E-state index in [9.17, 15) is 0 Å². The molecule has 0 unspecified atom stereocenters. The van der Waals surface area contributed by atoms with Crippen LogP contribution >= 0.6 is 0 Å². The lowest BCUT2D eigenvalue weighted by Crippen LogP contribution is -1.75. The molecule has 3 aromatic rings. The summed E-state index contributed by atoms with van der Waals surface area (Å²) in [6, 6.07) is 32.3. The zero-order valence-corrected chi connectivity index (χ0v) is 17.4. The second kappa shape index (κ2) is 9.14. The predicted octanol–water partition coefficient (Wildman–Crippen LogP) is 6.90. The minimum absolute atomic E-state index is 0.931. The smallest absolute Gasteiger partial charge is 0.0872 e. The van der Waals surface area contributed by atoms with E-state index in [2.05, 4.69) is 44.2 Å². The van der Waals surface area contributed by atoms with Crippen LogP contribution in [0.25, 0.3) is 46.4 Å². The number of hydrogen-bond acceptors (Lipinski definition) is 2. The standard InChI is InChI=1S/C28H22N4/c1-2-6-10-22-14-18-27(30-22)28-20-16-24(32-28)12-8-4-3-7-11-23-15-19-26(31-23)25-17-13-21(29-25)9-5-1/h1-20,29,32H. The number of aromatic nitrogens is 4. The molecule has 2 aliphatic heterocycles. The highest BCUT2D eigenvalue weighted by Crippen LogP contribution is 2.16. The Kier molecular flexibility index (Phi) is 5.58. The van der Waals surface area contributed by atoms with Gasteiger partial charge in [0.2, 0.25) is 0 Å². The first kappa shape index (κ1) is 19.5. The molecule has 8 bridgehead atoms. The fourth-order valence-electron chi connectivity index (χ4n) is 3.44. The summed E-state index contributed by atoms with van der Waals surface area (Å²) in [6.45, 7) is 0. The normalized spacial score (nSPS) is 11.5. The van der Waals surface area contributed by atoms with E-state index in [1.807, 2.05) is 97.1 Å². The van der Waals surface area contributed by atoms with Gasteiger partial charge in [-0.15, -0.1) is 0 Å². The van der Waals surface area contributed by atoms with Gasteiger partial charge < -0.3 is 9.97 Å². The average Bonchev–Trinajstić information content (AvgIpc) is 3.59. The molecule has 5 rings (SSSR count). The summed E-state index contributed by atoms with van der Waals surface area (Å²) in [7, 11) is 0. The van der Waals surface area contributed by atoms with Gasteiger partial charge >= 0.3 is 0 Å². The molecule has 4 heteroatoms. The zero-order chi connectivity index (χ0) is 21.6. The van der Waals surface area contributed by atoms with Crippen molar-refractivity contribution in [3.05, 3.63) is 120 Å². The van der Waals surface area contributed by atoms with E-state index in [1.54, 1.807) is 0 Å². The van der Waals surface area contributed by atoms with Crippen LogP contribution in [0.1, 0.15) is 22.8 Å². The van der Waals surface area contributed by atoms with Crippen LogP contribution in [0.3, 0.4) is 0 Å². The van der Waals surface area contributed by atoms with Gasteiger partial charge in [-0.1, -0.05) is 48.5 Å². The molecule has 0 atom stereocenters. The Hall–Kier alpha value is -4.44. The molecular weight excluding hydrogens is 392 g/mol. The van der Waals surface area contributed by atoms with Crippen molar-refractivity contribution in [3.8, 4) is 0 Å². The number of fused-ring (bicyclic) bond motifs is 10. The van der Waals surface area contributed by atoms with Crippen molar-refractivity contribution in [1.29, 1.82) is 0 Å². The van der Waals surface area contributed by atoms with Crippen LogP contribution in [-0.4, -0.2) is 19.9 Å². The largest absolute Gasteiger partial charge is 0.354 e. The molecule has 4 nitrogen and oxygen atoms in total. The molecule has 154 valence electrons. The maximum absolute atomic E-state index is 4.68. The Labute approximate surface area is 186 Å². The average molecular weight is 415 g/mol. The van der Waals surface area contributed by atoms with Crippen molar-refractivity contribution in [3.63, 3.8) is 0 Å². The molecule has 5 heterocycles. The zero-order valence-electron chi connectivity index (χ0n) is 17.4. The summed E-state index contributed by atoms with van der Waals surface area (Å²) in [5.41, 5.74) is 7.81. The highest BCUT2D eigenvalue weighted by molar-refractivity contribution is 5.80. The SMILES string of the molecule is C1=Cc2nc1ccccccc1ccc([nH]1)c1nc(ccccccc3ccc2[nH]3)C=C1. The number of nitrogens with zero attached hydrogens (tertiary/aromatic N) is 2. The Morgan fingerprint density at radius 2 is 0.844 bits per heavy atom. The van der Waals surface area contributed by atoms with E-state index < -0.39 is 0 Å². The van der Waals surface area contributed by atoms with Crippen molar-refractivity contribution in [2.45, 2.75) is 0 Å². The summed E-state index contributed by atoms with van der Waals surface area (Å²) in [6.07, 6.45) is 8.10. The maximum Gasteiger partial charge on any atom is 0.0872 e. The molecule has 0 saturated carbocycles. The predicted molar refractivity (Wildman–Crippen MR) is 134 cm³/mol. The van der Waals surface area contributed by atoms with E-state index in [1.165, 1.54) is 0 Å². The minimum Gasteiger partial charge on any atom is -0.354 e. The minimum atomic E-state index is 0.931. The maximum atomic E-state index is 4.68. The fraction of sp³-hybridized carbons (Fsp3) is 0. The molecule has 0 aliphatic carbocycles. The van der Waals surface area contributed by atoms with Gasteiger partial charge in [0.25, 0.3) is 0 Å². The third kappa shape index (κ3) is 4.65. The van der Waals surface area contributed by atoms with Crippen molar-refractivity contribution in [2.24, 2.45) is 0 Å². The van der Waals surface area contributed by atoms with Crippen molar-refractivity contribution < 1.29 is 0 Å². The van der Waals surface area contributed by atoms with Crippen molar-refractivity contribution in [2.75, 3.05) is 0 Å². The van der Waals surface area contributed by atoms with Gasteiger partial charge in [-0.3, -0.25) is 0 Å². The van der Waals surface area contributed by atoms with Crippen LogP contribution in [0.2, 0.25) is 0 Å². The number of rotatable bonds is 0. The Bertz CT molecular complexity index is 1370. The van der Waals surface area contributed by atoms with Gasteiger partial charge in [0.05, 0.1) is 33.8 Å². The second-order valence-electron chi connectivity index (χ2n) is 7.37. The van der Waals surface area contributed by atoms with Crippen LogP contribution in [0, 0.1) is 0 Å². The van der Waals surface area contributed by atoms with E-state index in [-0.39, 0.29) is 0 Å². The highest BCUT2D eigenvalue weighted by atomic mass is 14.8. The molecule has 3 aromatic heterocycles. The summed E-state index contributed by atoms with van der Waals surface area (Å²) < 4.78 is 0. The third-order valence-electron chi connectivity index (χ3n) is 5.04. The Morgan fingerprint density at radius 3 is 1.31 bits per heavy atom. The molecule has 2 aliphatic rings. The van der Waals surface area contributed by atoms with E-state index >= 15 is 0 Å². The lowest BCUT2D eigenvalue weighted by Gasteiger charge is -1.84. The van der Waals surface area contributed by atoms with E-state index in [4.69, 9.17) is 0 Å². The number of hydrogen-bond donors (Lipinski definition) is 2. The second-order valence-corrected chi connectivity index (χ2v) is 7.37. The Morgan fingerprint density at radius 1 is 0.406 bits per heavy atom. The van der Waals surface area contributed by atoms with Gasteiger partial charge in [0.15, 0.2) is 0 Å².